The number of fused-ring (bicyclic) bond motifs is 2. The first-order chi connectivity index (χ1) is 10.2. The Morgan fingerprint density at radius 3 is 2.52 bits per heavy atom. The molecule has 114 valence electrons. The van der Waals surface area contributed by atoms with Crippen LogP contribution in [0.4, 0.5) is 0 Å². The molecule has 0 aromatic heterocycles. The van der Waals surface area contributed by atoms with Crippen molar-refractivity contribution in [3.63, 3.8) is 0 Å². The van der Waals surface area contributed by atoms with Gasteiger partial charge in [-0.1, -0.05) is 30.7 Å². The SMILES string of the molecule is NCCc1ccc(CNC(=O)CC2CC3CCC2C3)cc1. The molecular formula is C18H26N2O. The Hall–Kier alpha value is -1.35. The van der Waals surface area contributed by atoms with E-state index in [2.05, 4.69) is 29.6 Å². The second kappa shape index (κ2) is 6.61. The first-order valence-corrected chi connectivity index (χ1v) is 8.29. The van der Waals surface area contributed by atoms with Gasteiger partial charge in [0.15, 0.2) is 0 Å². The predicted octanol–water partition coefficient (Wildman–Crippen LogP) is 2.63. The van der Waals surface area contributed by atoms with Crippen LogP contribution in [0, 0.1) is 17.8 Å². The van der Waals surface area contributed by atoms with E-state index in [1.807, 2.05) is 0 Å². The van der Waals surface area contributed by atoms with E-state index in [-0.39, 0.29) is 5.91 Å². The van der Waals surface area contributed by atoms with Crippen molar-refractivity contribution < 1.29 is 4.79 Å². The van der Waals surface area contributed by atoms with Crippen molar-refractivity contribution in [2.24, 2.45) is 23.5 Å². The molecule has 2 bridgehead atoms. The fourth-order valence-corrected chi connectivity index (χ4v) is 4.13. The molecule has 2 aliphatic carbocycles. The lowest BCUT2D eigenvalue weighted by Gasteiger charge is -2.20. The second-order valence-corrected chi connectivity index (χ2v) is 6.77. The zero-order chi connectivity index (χ0) is 14.7. The summed E-state index contributed by atoms with van der Waals surface area (Å²) in [5.74, 6) is 2.62. The lowest BCUT2D eigenvalue weighted by molar-refractivity contribution is -0.122. The zero-order valence-corrected chi connectivity index (χ0v) is 12.7. The molecule has 2 saturated carbocycles. The van der Waals surface area contributed by atoms with Crippen LogP contribution < -0.4 is 11.1 Å². The molecule has 21 heavy (non-hydrogen) atoms. The highest BCUT2D eigenvalue weighted by atomic mass is 16.1. The molecule has 0 saturated heterocycles. The molecule has 1 amide bonds. The number of nitrogens with one attached hydrogen (secondary N) is 1. The van der Waals surface area contributed by atoms with Crippen molar-refractivity contribution in [2.75, 3.05) is 6.54 Å². The van der Waals surface area contributed by atoms with Crippen LogP contribution in [0.2, 0.25) is 0 Å². The van der Waals surface area contributed by atoms with E-state index in [1.54, 1.807) is 0 Å². The van der Waals surface area contributed by atoms with Crippen LogP contribution in [-0.4, -0.2) is 12.5 Å². The van der Waals surface area contributed by atoms with Gasteiger partial charge in [0.25, 0.3) is 0 Å². The predicted molar refractivity (Wildman–Crippen MR) is 84.6 cm³/mol. The Bertz CT molecular complexity index is 482. The summed E-state index contributed by atoms with van der Waals surface area (Å²) in [5.41, 5.74) is 7.97. The van der Waals surface area contributed by atoms with Gasteiger partial charge in [0, 0.05) is 13.0 Å². The van der Waals surface area contributed by atoms with Crippen LogP contribution in [0.15, 0.2) is 24.3 Å². The third-order valence-corrected chi connectivity index (χ3v) is 5.28. The lowest BCUT2D eigenvalue weighted by atomic mass is 9.86. The monoisotopic (exact) mass is 286 g/mol. The molecule has 3 unspecified atom stereocenters. The van der Waals surface area contributed by atoms with Crippen LogP contribution in [0.3, 0.4) is 0 Å². The summed E-state index contributed by atoms with van der Waals surface area (Å²) >= 11 is 0. The van der Waals surface area contributed by atoms with E-state index < -0.39 is 0 Å². The van der Waals surface area contributed by atoms with Crippen LogP contribution in [0.5, 0.6) is 0 Å². The number of benzene rings is 1. The molecule has 3 N–H and O–H groups in total. The first kappa shape index (κ1) is 14.6. The summed E-state index contributed by atoms with van der Waals surface area (Å²) in [4.78, 5) is 12.1. The fourth-order valence-electron chi connectivity index (χ4n) is 4.13. The maximum Gasteiger partial charge on any atom is 0.220 e. The number of hydrogen-bond acceptors (Lipinski definition) is 2. The number of carbonyl (C=O) groups is 1. The van der Waals surface area contributed by atoms with Gasteiger partial charge in [0.05, 0.1) is 0 Å². The molecule has 3 nitrogen and oxygen atoms in total. The van der Waals surface area contributed by atoms with Crippen LogP contribution in [0.1, 0.15) is 43.2 Å². The van der Waals surface area contributed by atoms with Crippen LogP contribution >= 0.6 is 0 Å². The fraction of sp³-hybridized carbons (Fsp3) is 0.611. The molecule has 3 atom stereocenters. The Morgan fingerprint density at radius 1 is 1.14 bits per heavy atom. The topological polar surface area (TPSA) is 55.1 Å². The number of carbonyl (C=O) groups excluding carboxylic acids is 1. The zero-order valence-electron chi connectivity index (χ0n) is 12.7. The summed E-state index contributed by atoms with van der Waals surface area (Å²) in [6.07, 6.45) is 7.05. The number of rotatable bonds is 6. The summed E-state index contributed by atoms with van der Waals surface area (Å²) in [5, 5.41) is 3.07. The van der Waals surface area contributed by atoms with E-state index in [1.165, 1.54) is 31.2 Å². The van der Waals surface area contributed by atoms with Crippen molar-refractivity contribution in [1.29, 1.82) is 0 Å². The molecule has 3 rings (SSSR count). The van der Waals surface area contributed by atoms with Crippen molar-refractivity contribution in [3.05, 3.63) is 35.4 Å². The minimum absolute atomic E-state index is 0.221. The maximum absolute atomic E-state index is 12.1. The number of hydrogen-bond donors (Lipinski definition) is 2. The molecule has 3 heteroatoms. The number of nitrogens with two attached hydrogens (primary N) is 1. The lowest BCUT2D eigenvalue weighted by Crippen LogP contribution is -2.26. The van der Waals surface area contributed by atoms with Crippen LogP contribution in [-0.2, 0) is 17.8 Å². The second-order valence-electron chi connectivity index (χ2n) is 6.77. The van der Waals surface area contributed by atoms with Gasteiger partial charge in [-0.05, 0) is 61.1 Å². The van der Waals surface area contributed by atoms with E-state index in [9.17, 15) is 4.79 Å². The maximum atomic E-state index is 12.1. The average Bonchev–Trinajstić information content (AvgIpc) is 3.09. The third-order valence-electron chi connectivity index (χ3n) is 5.28. The van der Waals surface area contributed by atoms with Gasteiger partial charge in [-0.2, -0.15) is 0 Å². The molecule has 1 aromatic rings. The quantitative estimate of drug-likeness (QED) is 0.844. The molecule has 0 heterocycles. The van der Waals surface area contributed by atoms with Crippen LogP contribution in [0.25, 0.3) is 0 Å². The van der Waals surface area contributed by atoms with Gasteiger partial charge < -0.3 is 11.1 Å². The highest BCUT2D eigenvalue weighted by molar-refractivity contribution is 5.76. The van der Waals surface area contributed by atoms with E-state index in [0.29, 0.717) is 19.0 Å². The Labute approximate surface area is 127 Å². The van der Waals surface area contributed by atoms with Crippen molar-refractivity contribution in [1.82, 2.24) is 5.32 Å². The molecule has 0 radical (unpaired) electrons. The highest BCUT2D eigenvalue weighted by Gasteiger charge is 2.39. The van der Waals surface area contributed by atoms with Gasteiger partial charge in [0.2, 0.25) is 5.91 Å². The largest absolute Gasteiger partial charge is 0.352 e. The van der Waals surface area contributed by atoms with E-state index in [0.717, 1.165) is 30.2 Å². The van der Waals surface area contributed by atoms with Gasteiger partial charge in [-0.25, -0.2) is 0 Å². The van der Waals surface area contributed by atoms with E-state index >= 15 is 0 Å². The normalized spacial score (nSPS) is 27.0. The minimum Gasteiger partial charge on any atom is -0.352 e. The summed E-state index contributed by atoms with van der Waals surface area (Å²) in [7, 11) is 0. The van der Waals surface area contributed by atoms with Gasteiger partial charge in [-0.3, -0.25) is 4.79 Å². The third kappa shape index (κ3) is 3.65. The smallest absolute Gasteiger partial charge is 0.220 e. The molecular weight excluding hydrogens is 260 g/mol. The highest BCUT2D eigenvalue weighted by Crippen LogP contribution is 2.49. The van der Waals surface area contributed by atoms with Crippen molar-refractivity contribution in [3.8, 4) is 0 Å². The first-order valence-electron chi connectivity index (χ1n) is 8.29. The molecule has 0 spiro atoms. The minimum atomic E-state index is 0.221. The molecule has 2 aliphatic rings. The van der Waals surface area contributed by atoms with Gasteiger partial charge >= 0.3 is 0 Å². The Morgan fingerprint density at radius 2 is 1.90 bits per heavy atom. The van der Waals surface area contributed by atoms with Gasteiger partial charge in [0.1, 0.15) is 0 Å². The number of amides is 1. The standard InChI is InChI=1S/C18H26N2O/c19-8-7-13-1-3-14(4-2-13)12-20-18(21)11-17-10-15-5-6-16(17)9-15/h1-4,15-17H,5-12,19H2,(H,20,21). The Kier molecular flexibility index (Phi) is 4.59. The molecule has 0 aliphatic heterocycles. The Balaban J connectivity index is 1.43. The van der Waals surface area contributed by atoms with E-state index in [4.69, 9.17) is 5.73 Å². The summed E-state index contributed by atoms with van der Waals surface area (Å²) < 4.78 is 0. The summed E-state index contributed by atoms with van der Waals surface area (Å²) in [6, 6.07) is 8.38. The van der Waals surface area contributed by atoms with Crippen molar-refractivity contribution >= 4 is 5.91 Å². The molecule has 1 aromatic carbocycles. The van der Waals surface area contributed by atoms with Crippen molar-refractivity contribution in [2.45, 2.75) is 45.1 Å². The summed E-state index contributed by atoms with van der Waals surface area (Å²) in [6.45, 7) is 1.32. The average molecular weight is 286 g/mol. The molecule has 2 fully saturated rings. The van der Waals surface area contributed by atoms with Gasteiger partial charge in [-0.15, -0.1) is 0 Å².